The lowest BCUT2D eigenvalue weighted by molar-refractivity contribution is -0.125. The number of carbonyl (C=O) groups excluding carboxylic acids is 1. The van der Waals surface area contributed by atoms with E-state index in [2.05, 4.69) is 17.4 Å². The van der Waals surface area contributed by atoms with Gasteiger partial charge in [-0.2, -0.15) is 0 Å². The lowest BCUT2D eigenvalue weighted by Gasteiger charge is -2.19. The molecule has 0 radical (unpaired) electrons. The number of nitrogens with one attached hydrogen (secondary N) is 1. The summed E-state index contributed by atoms with van der Waals surface area (Å²) in [7, 11) is 0. The molecular formula is C13H17NO. The summed E-state index contributed by atoms with van der Waals surface area (Å²) in [5.41, 5.74) is 1.18. The average molecular weight is 203 g/mol. The van der Waals surface area contributed by atoms with E-state index in [1.54, 1.807) is 0 Å². The topological polar surface area (TPSA) is 29.1 Å². The molecule has 0 aliphatic heterocycles. The Kier molecular flexibility index (Phi) is 2.51. The second kappa shape index (κ2) is 3.69. The summed E-state index contributed by atoms with van der Waals surface area (Å²) in [4.78, 5) is 11.7. The highest BCUT2D eigenvalue weighted by Gasteiger charge is 2.45. The molecule has 80 valence electrons. The molecule has 1 aromatic carbocycles. The summed E-state index contributed by atoms with van der Waals surface area (Å²) in [6.45, 7) is 3.85. The molecule has 1 fully saturated rings. The first-order valence-corrected chi connectivity index (χ1v) is 5.52. The van der Waals surface area contributed by atoms with Crippen molar-refractivity contribution in [2.24, 2.45) is 5.92 Å². The molecule has 2 heteroatoms. The normalized spacial score (nSPS) is 17.5. The van der Waals surface area contributed by atoms with Crippen LogP contribution < -0.4 is 5.32 Å². The van der Waals surface area contributed by atoms with Crippen molar-refractivity contribution in [1.82, 2.24) is 5.32 Å². The van der Waals surface area contributed by atoms with Gasteiger partial charge in [0.25, 0.3) is 0 Å². The van der Waals surface area contributed by atoms with Crippen molar-refractivity contribution in [3.05, 3.63) is 35.9 Å². The van der Waals surface area contributed by atoms with Gasteiger partial charge in [0, 0.05) is 5.92 Å². The van der Waals surface area contributed by atoms with Crippen LogP contribution in [0.25, 0.3) is 0 Å². The van der Waals surface area contributed by atoms with Gasteiger partial charge in [0.1, 0.15) is 0 Å². The van der Waals surface area contributed by atoms with Gasteiger partial charge in [-0.05, 0) is 18.4 Å². The van der Waals surface area contributed by atoms with Crippen LogP contribution >= 0.6 is 0 Å². The van der Waals surface area contributed by atoms with Crippen LogP contribution in [0.1, 0.15) is 32.3 Å². The summed E-state index contributed by atoms with van der Waals surface area (Å²) in [6.07, 6.45) is 2.13. The van der Waals surface area contributed by atoms with Gasteiger partial charge in [0.05, 0.1) is 5.54 Å². The van der Waals surface area contributed by atoms with Crippen LogP contribution in [0, 0.1) is 5.92 Å². The van der Waals surface area contributed by atoms with Crippen molar-refractivity contribution in [3.63, 3.8) is 0 Å². The Morgan fingerprint density at radius 1 is 1.27 bits per heavy atom. The smallest absolute Gasteiger partial charge is 0.223 e. The fourth-order valence-corrected chi connectivity index (χ4v) is 1.75. The van der Waals surface area contributed by atoms with Crippen LogP contribution in [0.15, 0.2) is 30.3 Å². The van der Waals surface area contributed by atoms with Gasteiger partial charge < -0.3 is 5.32 Å². The molecule has 1 N–H and O–H groups in total. The second-order valence-corrected chi connectivity index (χ2v) is 4.59. The Balaban J connectivity index is 2.12. The summed E-state index contributed by atoms with van der Waals surface area (Å²) in [5, 5.41) is 3.14. The molecule has 1 aromatic rings. The first-order valence-electron chi connectivity index (χ1n) is 5.52. The fourth-order valence-electron chi connectivity index (χ4n) is 1.75. The second-order valence-electron chi connectivity index (χ2n) is 4.59. The highest BCUT2D eigenvalue weighted by molar-refractivity contribution is 5.79. The van der Waals surface area contributed by atoms with E-state index in [0.717, 1.165) is 12.8 Å². The van der Waals surface area contributed by atoms with E-state index < -0.39 is 0 Å². The highest BCUT2D eigenvalue weighted by atomic mass is 16.2. The molecule has 1 amide bonds. The number of hydrogen-bond donors (Lipinski definition) is 1. The molecule has 0 spiro atoms. The van der Waals surface area contributed by atoms with E-state index >= 15 is 0 Å². The number of carbonyl (C=O) groups is 1. The van der Waals surface area contributed by atoms with Gasteiger partial charge in [0.15, 0.2) is 0 Å². The van der Waals surface area contributed by atoms with Crippen molar-refractivity contribution >= 4 is 5.91 Å². The van der Waals surface area contributed by atoms with Gasteiger partial charge in [-0.1, -0.05) is 44.2 Å². The Morgan fingerprint density at radius 3 is 2.33 bits per heavy atom. The van der Waals surface area contributed by atoms with Crippen LogP contribution in [0.5, 0.6) is 0 Å². The van der Waals surface area contributed by atoms with Crippen molar-refractivity contribution in [1.29, 1.82) is 0 Å². The van der Waals surface area contributed by atoms with Crippen LogP contribution in [0.2, 0.25) is 0 Å². The molecule has 1 saturated carbocycles. The fraction of sp³-hybridized carbons (Fsp3) is 0.462. The third-order valence-electron chi connectivity index (χ3n) is 2.96. The maximum atomic E-state index is 11.7. The average Bonchev–Trinajstić information content (AvgIpc) is 3.00. The highest BCUT2D eigenvalue weighted by Crippen LogP contribution is 2.45. The number of amides is 1. The first kappa shape index (κ1) is 10.2. The van der Waals surface area contributed by atoms with E-state index in [9.17, 15) is 4.79 Å². The van der Waals surface area contributed by atoms with Crippen molar-refractivity contribution in [2.75, 3.05) is 0 Å². The minimum atomic E-state index is -0.0530. The monoisotopic (exact) mass is 203 g/mol. The third-order valence-corrected chi connectivity index (χ3v) is 2.96. The quantitative estimate of drug-likeness (QED) is 0.803. The SMILES string of the molecule is CC(C)C(=O)NC1(c2ccccc2)CC1. The molecule has 0 unspecified atom stereocenters. The van der Waals surface area contributed by atoms with E-state index in [1.165, 1.54) is 5.56 Å². The summed E-state index contributed by atoms with van der Waals surface area (Å²) in [6, 6.07) is 10.2. The van der Waals surface area contributed by atoms with Crippen molar-refractivity contribution in [2.45, 2.75) is 32.2 Å². The minimum Gasteiger partial charge on any atom is -0.346 e. The molecule has 2 rings (SSSR count). The van der Waals surface area contributed by atoms with Crippen molar-refractivity contribution in [3.8, 4) is 0 Å². The van der Waals surface area contributed by atoms with E-state index in [4.69, 9.17) is 0 Å². The van der Waals surface area contributed by atoms with Gasteiger partial charge >= 0.3 is 0 Å². The Labute approximate surface area is 90.7 Å². The summed E-state index contributed by atoms with van der Waals surface area (Å²) >= 11 is 0. The molecular weight excluding hydrogens is 186 g/mol. The van der Waals surface area contributed by atoms with Gasteiger partial charge in [-0.3, -0.25) is 4.79 Å². The zero-order valence-electron chi connectivity index (χ0n) is 9.29. The zero-order chi connectivity index (χ0) is 10.9. The van der Waals surface area contributed by atoms with E-state index in [1.807, 2.05) is 32.0 Å². The zero-order valence-corrected chi connectivity index (χ0v) is 9.29. The Hall–Kier alpha value is -1.31. The molecule has 0 heterocycles. The molecule has 0 bridgehead atoms. The molecule has 0 aromatic heterocycles. The molecule has 15 heavy (non-hydrogen) atoms. The van der Waals surface area contributed by atoms with Gasteiger partial charge in [-0.15, -0.1) is 0 Å². The number of benzene rings is 1. The maximum Gasteiger partial charge on any atom is 0.223 e. The number of hydrogen-bond acceptors (Lipinski definition) is 1. The Bertz CT molecular complexity index is 352. The molecule has 0 atom stereocenters. The summed E-state index contributed by atoms with van der Waals surface area (Å²) in [5.74, 6) is 0.211. The van der Waals surface area contributed by atoms with Crippen LogP contribution in [-0.4, -0.2) is 5.91 Å². The predicted molar refractivity (Wildman–Crippen MR) is 60.3 cm³/mol. The molecule has 1 aliphatic carbocycles. The minimum absolute atomic E-state index is 0.0530. The predicted octanol–water partition coefficient (Wildman–Crippen LogP) is 2.45. The van der Waals surface area contributed by atoms with Gasteiger partial charge in [-0.25, -0.2) is 0 Å². The number of rotatable bonds is 3. The Morgan fingerprint density at radius 2 is 1.87 bits per heavy atom. The van der Waals surface area contributed by atoms with Crippen LogP contribution in [0.4, 0.5) is 0 Å². The maximum absolute atomic E-state index is 11.7. The van der Waals surface area contributed by atoms with E-state index in [0.29, 0.717) is 0 Å². The lowest BCUT2D eigenvalue weighted by Crippen LogP contribution is -2.37. The largest absolute Gasteiger partial charge is 0.346 e. The van der Waals surface area contributed by atoms with E-state index in [-0.39, 0.29) is 17.4 Å². The third kappa shape index (κ3) is 2.04. The standard InChI is InChI=1S/C13H17NO/c1-10(2)12(15)14-13(8-9-13)11-6-4-3-5-7-11/h3-7,10H,8-9H2,1-2H3,(H,14,15). The van der Waals surface area contributed by atoms with Crippen LogP contribution in [-0.2, 0) is 10.3 Å². The first-order chi connectivity index (χ1) is 7.14. The lowest BCUT2D eigenvalue weighted by atomic mass is 10.0. The molecule has 1 aliphatic rings. The van der Waals surface area contributed by atoms with Gasteiger partial charge in [0.2, 0.25) is 5.91 Å². The summed E-state index contributed by atoms with van der Waals surface area (Å²) < 4.78 is 0. The van der Waals surface area contributed by atoms with Crippen molar-refractivity contribution < 1.29 is 4.79 Å². The molecule has 0 saturated heterocycles. The molecule has 2 nitrogen and oxygen atoms in total. The van der Waals surface area contributed by atoms with Crippen LogP contribution in [0.3, 0.4) is 0 Å².